The predicted octanol–water partition coefficient (Wildman–Crippen LogP) is 3.37. The van der Waals surface area contributed by atoms with Gasteiger partial charge in [0.1, 0.15) is 11.9 Å². The van der Waals surface area contributed by atoms with Crippen LogP contribution >= 0.6 is 0 Å². The van der Waals surface area contributed by atoms with Gasteiger partial charge in [0.05, 0.1) is 0 Å². The fourth-order valence-corrected chi connectivity index (χ4v) is 5.56. The first-order valence-electron chi connectivity index (χ1n) is 12.8. The molecule has 0 amide bonds. The summed E-state index contributed by atoms with van der Waals surface area (Å²) in [6.07, 6.45) is 0. The second-order valence-electron chi connectivity index (χ2n) is 9.38. The molecule has 0 saturated carbocycles. The predicted molar refractivity (Wildman–Crippen MR) is 150 cm³/mol. The van der Waals surface area contributed by atoms with Crippen LogP contribution in [0.1, 0.15) is 18.1 Å². The molecule has 210 valence electrons. The normalized spacial score (nSPS) is 14.7. The Morgan fingerprint density at radius 1 is 0.976 bits per heavy atom. The average Bonchev–Trinajstić information content (AvgIpc) is 3.47. The summed E-state index contributed by atoms with van der Waals surface area (Å²) in [5.74, 6) is 5.42. The van der Waals surface area contributed by atoms with Crippen LogP contribution in [0.25, 0.3) is 22.8 Å². The van der Waals surface area contributed by atoms with E-state index in [4.69, 9.17) is 9.63 Å². The lowest BCUT2D eigenvalue weighted by atomic mass is 10.1. The van der Waals surface area contributed by atoms with Crippen LogP contribution in [0.4, 0.5) is 10.1 Å². The molecule has 41 heavy (non-hydrogen) atoms. The first-order chi connectivity index (χ1) is 19.7. The Kier molecular flexibility index (Phi) is 8.11. The highest BCUT2D eigenvalue weighted by atomic mass is 32.2. The molecule has 0 spiro atoms. The van der Waals surface area contributed by atoms with Gasteiger partial charge in [0.2, 0.25) is 5.82 Å². The molecule has 5 rings (SSSR count). The Labute approximate surface area is 236 Å². The fourth-order valence-electron chi connectivity index (χ4n) is 4.22. The molecule has 0 aliphatic carbocycles. The Bertz CT molecular complexity index is 1700. The number of aliphatic carboxylic acids is 1. The van der Waals surface area contributed by atoms with Gasteiger partial charge in [0.15, 0.2) is 0 Å². The number of carbonyl (C=O) groups is 1. The molecule has 1 aromatic heterocycles. The van der Waals surface area contributed by atoms with Crippen LogP contribution < -0.4 is 9.62 Å². The zero-order chi connectivity index (χ0) is 29.0. The molecule has 0 radical (unpaired) electrons. The third kappa shape index (κ3) is 6.78. The smallest absolute Gasteiger partial charge is 0.321 e. The summed E-state index contributed by atoms with van der Waals surface area (Å²) in [6, 6.07) is 19.7. The average molecular weight is 576 g/mol. The lowest BCUT2D eigenvalue weighted by Crippen LogP contribution is -2.54. The number of rotatable bonds is 7. The molecule has 1 atom stereocenters. The van der Waals surface area contributed by atoms with Crippen molar-refractivity contribution in [2.75, 3.05) is 31.1 Å². The van der Waals surface area contributed by atoms with Gasteiger partial charge in [-0.2, -0.15) is 22.4 Å². The van der Waals surface area contributed by atoms with Crippen LogP contribution in [0, 0.1) is 17.7 Å². The molecule has 1 aliphatic rings. The summed E-state index contributed by atoms with van der Waals surface area (Å²) in [7, 11) is -3.88. The lowest BCUT2D eigenvalue weighted by molar-refractivity contribution is -0.138. The lowest BCUT2D eigenvalue weighted by Gasteiger charge is -2.35. The third-order valence-corrected chi connectivity index (χ3v) is 8.19. The molecular weight excluding hydrogens is 549 g/mol. The van der Waals surface area contributed by atoms with E-state index >= 15 is 0 Å². The molecule has 2 heterocycles. The van der Waals surface area contributed by atoms with Crippen LogP contribution in [-0.4, -0.2) is 66.2 Å². The second-order valence-corrected chi connectivity index (χ2v) is 11.1. The highest BCUT2D eigenvalue weighted by molar-refractivity contribution is 7.87. The number of hydrogen-bond donors (Lipinski definition) is 2. The van der Waals surface area contributed by atoms with Crippen molar-refractivity contribution in [2.45, 2.75) is 13.0 Å². The molecule has 0 bridgehead atoms. The summed E-state index contributed by atoms with van der Waals surface area (Å²) < 4.78 is 46.9. The van der Waals surface area contributed by atoms with Gasteiger partial charge < -0.3 is 14.5 Å². The quantitative estimate of drug-likeness (QED) is 0.321. The van der Waals surface area contributed by atoms with E-state index in [-0.39, 0.29) is 18.9 Å². The maximum atomic E-state index is 13.2. The van der Waals surface area contributed by atoms with E-state index in [1.807, 2.05) is 48.5 Å². The summed E-state index contributed by atoms with van der Waals surface area (Å²) in [6.45, 7) is 2.71. The van der Waals surface area contributed by atoms with E-state index in [9.17, 15) is 17.6 Å². The molecule has 0 unspecified atom stereocenters. The second kappa shape index (κ2) is 11.9. The Balaban J connectivity index is 1.21. The zero-order valence-electron chi connectivity index (χ0n) is 22.0. The van der Waals surface area contributed by atoms with Gasteiger partial charge in [-0.1, -0.05) is 23.1 Å². The molecule has 1 fully saturated rings. The van der Waals surface area contributed by atoms with E-state index < -0.39 is 22.2 Å². The van der Waals surface area contributed by atoms with Gasteiger partial charge in [-0.05, 0) is 73.7 Å². The number of halogens is 1. The van der Waals surface area contributed by atoms with Crippen molar-refractivity contribution in [3.8, 4) is 34.7 Å². The molecule has 4 aromatic rings. The molecular formula is C29H26FN5O5S. The van der Waals surface area contributed by atoms with Gasteiger partial charge in [0.25, 0.3) is 16.1 Å². The number of piperazine rings is 1. The number of carboxylic acids is 1. The van der Waals surface area contributed by atoms with Crippen molar-refractivity contribution < 1.29 is 27.2 Å². The third-order valence-electron chi connectivity index (χ3n) is 6.50. The number of hydrogen-bond acceptors (Lipinski definition) is 7. The van der Waals surface area contributed by atoms with Crippen LogP contribution in [0.15, 0.2) is 77.3 Å². The van der Waals surface area contributed by atoms with Crippen LogP contribution in [0.5, 0.6) is 0 Å². The van der Waals surface area contributed by atoms with E-state index in [1.54, 1.807) is 12.1 Å². The minimum Gasteiger partial charge on any atom is -0.480 e. The van der Waals surface area contributed by atoms with Crippen molar-refractivity contribution in [2.24, 2.45) is 0 Å². The highest BCUT2D eigenvalue weighted by Gasteiger charge is 2.29. The first kappa shape index (κ1) is 28.0. The van der Waals surface area contributed by atoms with Crippen molar-refractivity contribution >= 4 is 21.9 Å². The van der Waals surface area contributed by atoms with E-state index in [2.05, 4.69) is 31.6 Å². The number of nitrogens with one attached hydrogen (secondary N) is 1. The monoisotopic (exact) mass is 575 g/mol. The Morgan fingerprint density at radius 2 is 1.66 bits per heavy atom. The minimum atomic E-state index is -3.88. The molecule has 12 heteroatoms. The fraction of sp³-hybridized carbons (Fsp3) is 0.207. The summed E-state index contributed by atoms with van der Waals surface area (Å²) in [4.78, 5) is 17.5. The van der Waals surface area contributed by atoms with Crippen LogP contribution in [-0.2, 0) is 15.0 Å². The van der Waals surface area contributed by atoms with Crippen LogP contribution in [0.3, 0.4) is 0 Å². The van der Waals surface area contributed by atoms with E-state index in [0.29, 0.717) is 35.9 Å². The maximum absolute atomic E-state index is 13.2. The Hall–Kier alpha value is -4.57. The standard InChI is InChI=1S/C29H26FN5O5S/c1-20(29(36)37)33-41(38,39)35-17-15-34(16-18-35)26-13-7-21(8-14-26)5-6-22-3-2-4-24(19-22)28-31-27(32-40-28)23-9-11-25(30)12-10-23/h2-4,7-14,19-20,33H,15-18H2,1H3,(H,36,37)/t20-/m1/s1. The van der Waals surface area contributed by atoms with Gasteiger partial charge in [-0.15, -0.1) is 0 Å². The minimum absolute atomic E-state index is 0.241. The number of nitrogens with zero attached hydrogens (tertiary/aromatic N) is 4. The Morgan fingerprint density at radius 3 is 2.34 bits per heavy atom. The number of anilines is 1. The highest BCUT2D eigenvalue weighted by Crippen LogP contribution is 2.23. The summed E-state index contributed by atoms with van der Waals surface area (Å²) in [5.41, 5.74) is 3.87. The zero-order valence-corrected chi connectivity index (χ0v) is 22.8. The number of aromatic nitrogens is 2. The van der Waals surface area contributed by atoms with Crippen molar-refractivity contribution in [3.63, 3.8) is 0 Å². The van der Waals surface area contributed by atoms with Crippen LogP contribution in [0.2, 0.25) is 0 Å². The topological polar surface area (TPSA) is 129 Å². The summed E-state index contributed by atoms with van der Waals surface area (Å²) >= 11 is 0. The summed E-state index contributed by atoms with van der Waals surface area (Å²) in [5, 5.41) is 13.0. The van der Waals surface area contributed by atoms with Gasteiger partial charge in [-0.3, -0.25) is 4.79 Å². The van der Waals surface area contributed by atoms with Crippen molar-refractivity contribution in [1.82, 2.24) is 19.2 Å². The van der Waals surface area contributed by atoms with E-state index in [0.717, 1.165) is 16.8 Å². The number of benzene rings is 3. The molecule has 2 N–H and O–H groups in total. The molecule has 1 aliphatic heterocycles. The van der Waals surface area contributed by atoms with Gasteiger partial charge >= 0.3 is 5.97 Å². The van der Waals surface area contributed by atoms with Gasteiger partial charge in [0, 0.05) is 54.1 Å². The SMILES string of the molecule is C[C@@H](NS(=O)(=O)N1CCN(c2ccc(C#Cc3cccc(-c4nc(-c5ccc(F)cc5)no4)c3)cc2)CC1)C(=O)O. The first-order valence-corrected chi connectivity index (χ1v) is 14.2. The molecule has 10 nitrogen and oxygen atoms in total. The van der Waals surface area contributed by atoms with Gasteiger partial charge in [-0.25, -0.2) is 4.39 Å². The van der Waals surface area contributed by atoms with Crippen molar-refractivity contribution in [1.29, 1.82) is 0 Å². The largest absolute Gasteiger partial charge is 0.480 e. The number of carboxylic acid groups (broad SMARTS) is 1. The maximum Gasteiger partial charge on any atom is 0.321 e. The molecule has 1 saturated heterocycles. The molecule has 3 aromatic carbocycles. The van der Waals surface area contributed by atoms with E-state index in [1.165, 1.54) is 23.4 Å². The van der Waals surface area contributed by atoms with Crippen molar-refractivity contribution in [3.05, 3.63) is 89.7 Å².